The largest absolute Gasteiger partial charge is 0.473 e. The van der Waals surface area contributed by atoms with Crippen LogP contribution in [-0.2, 0) is 13.0 Å². The Morgan fingerprint density at radius 3 is 2.93 bits per heavy atom. The van der Waals surface area contributed by atoms with Crippen molar-refractivity contribution < 1.29 is 4.74 Å². The Bertz CT molecular complexity index is 322. The van der Waals surface area contributed by atoms with Crippen LogP contribution in [0.3, 0.4) is 0 Å². The zero-order chi connectivity index (χ0) is 10.1. The Labute approximate surface area is 88.7 Å². The number of thiazole rings is 1. The van der Waals surface area contributed by atoms with Crippen LogP contribution in [0.2, 0.25) is 0 Å². The molecular weight excluding hydrogens is 196 g/mol. The van der Waals surface area contributed by atoms with Gasteiger partial charge in [0.1, 0.15) is 0 Å². The molecular formula is C10H16N2OS. The molecule has 1 aliphatic rings. The maximum absolute atomic E-state index is 5.15. The quantitative estimate of drug-likeness (QED) is 0.749. The minimum Gasteiger partial charge on any atom is -0.473 e. The van der Waals surface area contributed by atoms with Crippen LogP contribution < -0.4 is 4.74 Å². The summed E-state index contributed by atoms with van der Waals surface area (Å²) in [6.07, 6.45) is 1.06. The molecule has 0 radical (unpaired) electrons. The summed E-state index contributed by atoms with van der Waals surface area (Å²) in [5.74, 6) is 0. The molecule has 2 rings (SSSR count). The molecule has 0 bridgehead atoms. The molecule has 78 valence electrons. The van der Waals surface area contributed by atoms with Gasteiger partial charge in [-0.25, -0.2) is 4.98 Å². The monoisotopic (exact) mass is 212 g/mol. The lowest BCUT2D eigenvalue weighted by Crippen LogP contribution is -2.35. The number of aromatic nitrogens is 1. The summed E-state index contributed by atoms with van der Waals surface area (Å²) in [6.45, 7) is 6.64. The van der Waals surface area contributed by atoms with Crippen molar-refractivity contribution in [1.29, 1.82) is 0 Å². The predicted molar refractivity (Wildman–Crippen MR) is 57.9 cm³/mol. The second kappa shape index (κ2) is 3.87. The number of methoxy groups -OCH3 is 1. The van der Waals surface area contributed by atoms with Gasteiger partial charge < -0.3 is 4.74 Å². The van der Waals surface area contributed by atoms with E-state index in [-0.39, 0.29) is 0 Å². The van der Waals surface area contributed by atoms with Gasteiger partial charge in [0.2, 0.25) is 0 Å². The zero-order valence-electron chi connectivity index (χ0n) is 8.91. The van der Waals surface area contributed by atoms with E-state index in [1.165, 1.54) is 10.6 Å². The summed E-state index contributed by atoms with van der Waals surface area (Å²) < 4.78 is 5.15. The van der Waals surface area contributed by atoms with Gasteiger partial charge in [0, 0.05) is 30.4 Å². The number of nitrogens with zero attached hydrogens (tertiary/aromatic N) is 2. The van der Waals surface area contributed by atoms with Crippen LogP contribution in [0, 0.1) is 0 Å². The Morgan fingerprint density at radius 2 is 2.29 bits per heavy atom. The van der Waals surface area contributed by atoms with Crippen LogP contribution in [0.4, 0.5) is 0 Å². The Hall–Kier alpha value is -0.610. The molecule has 2 heterocycles. The van der Waals surface area contributed by atoms with E-state index in [0.29, 0.717) is 6.04 Å². The zero-order valence-corrected chi connectivity index (χ0v) is 9.73. The summed E-state index contributed by atoms with van der Waals surface area (Å²) in [4.78, 5) is 8.28. The molecule has 0 unspecified atom stereocenters. The first-order valence-electron chi connectivity index (χ1n) is 4.97. The van der Waals surface area contributed by atoms with Crippen molar-refractivity contribution in [2.75, 3.05) is 13.7 Å². The van der Waals surface area contributed by atoms with E-state index in [1.54, 1.807) is 18.4 Å². The van der Waals surface area contributed by atoms with E-state index < -0.39 is 0 Å². The maximum atomic E-state index is 5.15. The minimum atomic E-state index is 0.622. The first kappa shape index (κ1) is 9.93. The summed E-state index contributed by atoms with van der Waals surface area (Å²) in [5, 5.41) is 0.806. The van der Waals surface area contributed by atoms with Gasteiger partial charge in [0.15, 0.2) is 0 Å². The Balaban J connectivity index is 2.17. The van der Waals surface area contributed by atoms with Gasteiger partial charge in [0.05, 0.1) is 12.8 Å². The van der Waals surface area contributed by atoms with Crippen molar-refractivity contribution in [3.05, 3.63) is 10.6 Å². The molecule has 0 atom stereocenters. The highest BCUT2D eigenvalue weighted by atomic mass is 32.1. The van der Waals surface area contributed by atoms with Crippen LogP contribution in [-0.4, -0.2) is 29.6 Å². The second-order valence-electron chi connectivity index (χ2n) is 3.87. The van der Waals surface area contributed by atoms with Gasteiger partial charge in [-0.05, 0) is 13.8 Å². The number of hydrogen-bond acceptors (Lipinski definition) is 4. The minimum absolute atomic E-state index is 0.622. The number of hydrogen-bond donors (Lipinski definition) is 0. The Morgan fingerprint density at radius 1 is 1.50 bits per heavy atom. The van der Waals surface area contributed by atoms with E-state index >= 15 is 0 Å². The van der Waals surface area contributed by atoms with E-state index in [2.05, 4.69) is 23.7 Å². The highest BCUT2D eigenvalue weighted by Gasteiger charge is 2.22. The third-order valence-corrected chi connectivity index (χ3v) is 3.69. The van der Waals surface area contributed by atoms with Gasteiger partial charge in [0.25, 0.3) is 5.19 Å². The van der Waals surface area contributed by atoms with Crippen molar-refractivity contribution in [3.8, 4) is 5.19 Å². The molecule has 0 saturated carbocycles. The summed E-state index contributed by atoms with van der Waals surface area (Å²) in [7, 11) is 1.69. The van der Waals surface area contributed by atoms with Crippen LogP contribution in [0.5, 0.6) is 5.19 Å². The maximum Gasteiger partial charge on any atom is 0.273 e. The molecule has 0 aliphatic carbocycles. The lowest BCUT2D eigenvalue weighted by atomic mass is 10.1. The normalized spacial score (nSPS) is 17.1. The highest BCUT2D eigenvalue weighted by Crippen LogP contribution is 2.29. The third-order valence-electron chi connectivity index (χ3n) is 2.65. The van der Waals surface area contributed by atoms with Crippen molar-refractivity contribution in [3.63, 3.8) is 0 Å². The molecule has 0 aromatic carbocycles. The summed E-state index contributed by atoms with van der Waals surface area (Å²) in [5.41, 5.74) is 1.24. The number of rotatable bonds is 2. The van der Waals surface area contributed by atoms with Gasteiger partial charge >= 0.3 is 0 Å². The molecule has 4 heteroatoms. The van der Waals surface area contributed by atoms with Crippen molar-refractivity contribution in [2.45, 2.75) is 32.9 Å². The van der Waals surface area contributed by atoms with E-state index in [4.69, 9.17) is 4.74 Å². The Kier molecular flexibility index (Phi) is 2.74. The lowest BCUT2D eigenvalue weighted by Gasteiger charge is -2.29. The smallest absolute Gasteiger partial charge is 0.273 e. The fraction of sp³-hybridized carbons (Fsp3) is 0.700. The van der Waals surface area contributed by atoms with Crippen LogP contribution in [0.25, 0.3) is 0 Å². The van der Waals surface area contributed by atoms with Crippen molar-refractivity contribution >= 4 is 11.3 Å². The van der Waals surface area contributed by atoms with E-state index in [0.717, 1.165) is 24.7 Å². The average Bonchev–Trinajstić information content (AvgIpc) is 2.58. The molecule has 14 heavy (non-hydrogen) atoms. The fourth-order valence-corrected chi connectivity index (χ4v) is 2.67. The highest BCUT2D eigenvalue weighted by molar-refractivity contribution is 7.13. The number of ether oxygens (including phenoxy) is 1. The van der Waals surface area contributed by atoms with Crippen molar-refractivity contribution in [2.24, 2.45) is 0 Å². The summed E-state index contributed by atoms with van der Waals surface area (Å²) >= 11 is 1.68. The SMILES string of the molecule is COc1nc2c(s1)CN(C(C)C)CC2. The standard InChI is InChI=1S/C10H16N2OS/c1-7(2)12-5-4-8-9(6-12)14-10(11-8)13-3/h7H,4-6H2,1-3H3. The average molecular weight is 212 g/mol. The van der Waals surface area contributed by atoms with Crippen LogP contribution in [0.15, 0.2) is 0 Å². The van der Waals surface area contributed by atoms with Gasteiger partial charge in [-0.1, -0.05) is 11.3 Å². The van der Waals surface area contributed by atoms with Gasteiger partial charge in [-0.3, -0.25) is 4.90 Å². The number of fused-ring (bicyclic) bond motifs is 1. The fourth-order valence-electron chi connectivity index (χ4n) is 1.72. The van der Waals surface area contributed by atoms with Crippen LogP contribution >= 0.6 is 11.3 Å². The molecule has 1 aromatic heterocycles. The molecule has 0 fully saturated rings. The summed E-state index contributed by atoms with van der Waals surface area (Å²) in [6, 6.07) is 0.622. The third kappa shape index (κ3) is 1.77. The lowest BCUT2D eigenvalue weighted by molar-refractivity contribution is 0.204. The predicted octanol–water partition coefficient (Wildman–Crippen LogP) is 1.92. The topological polar surface area (TPSA) is 25.4 Å². The molecule has 0 N–H and O–H groups in total. The van der Waals surface area contributed by atoms with Gasteiger partial charge in [-0.15, -0.1) is 0 Å². The molecule has 3 nitrogen and oxygen atoms in total. The van der Waals surface area contributed by atoms with Gasteiger partial charge in [-0.2, -0.15) is 0 Å². The van der Waals surface area contributed by atoms with E-state index in [1.807, 2.05) is 0 Å². The molecule has 1 aliphatic heterocycles. The first-order chi connectivity index (χ1) is 6.70. The second-order valence-corrected chi connectivity index (χ2v) is 4.91. The molecule has 0 saturated heterocycles. The molecule has 0 amide bonds. The first-order valence-corrected chi connectivity index (χ1v) is 5.79. The van der Waals surface area contributed by atoms with Crippen molar-refractivity contribution in [1.82, 2.24) is 9.88 Å². The molecule has 0 spiro atoms. The van der Waals surface area contributed by atoms with Crippen LogP contribution in [0.1, 0.15) is 24.4 Å². The van der Waals surface area contributed by atoms with E-state index in [9.17, 15) is 0 Å². The molecule has 1 aromatic rings.